The number of benzene rings is 4. The zero-order valence-electron chi connectivity index (χ0n) is 47.1. The zero-order chi connectivity index (χ0) is 60.2. The van der Waals surface area contributed by atoms with Gasteiger partial charge in [0.25, 0.3) is 11.8 Å². The minimum Gasteiger partial charge on any atom is -0.744 e. The summed E-state index contributed by atoms with van der Waals surface area (Å²) < 4.78 is 52.1. The molecule has 4 aromatic carbocycles. The number of ether oxygens (including phenoxy) is 3. The summed E-state index contributed by atoms with van der Waals surface area (Å²) in [6.07, 6.45) is -2.17. The van der Waals surface area contributed by atoms with Crippen molar-refractivity contribution < 1.29 is 73.3 Å². The second-order valence-corrected chi connectivity index (χ2v) is 21.8. The van der Waals surface area contributed by atoms with Crippen LogP contribution in [0.4, 0.5) is 16.3 Å². The first-order valence-electron chi connectivity index (χ1n) is 27.0. The normalized spacial score (nSPS) is 13.9. The standard InChI is InChI=1S/C59H69N9O15S/c1-59(2,24-9-11-26-81-52-30-42(28-45(66-52)37-13-4-3-5-14-37)38-20-22-48-49(29-38)83-36-82-48)35-63-58(77)65-43-17-12-16-39(27-43)55(74)60-25-10-8-18-44(57(76)62-33-46(70)53(72)54(73)47(71)34-69)67-56(75)41-21-23-51(61-31-41)68-64-32-40-15-6-7-19-50(40)84(78,79)80/h3-7,12-17,19-23,27-32,44,46-47,53-54,69-73H,8-11,18,24-26,33-36H2,1-2H3,(H,60,74)(H,61,68)(H,62,76)(H,67,75)(H2,63,65,77)(H,78,79,80)/b64-32+/t44-,46-,47+,53+,54+/m0/s1. The van der Waals surface area contributed by atoms with Gasteiger partial charge < -0.3 is 70.9 Å². The Morgan fingerprint density at radius 3 is 2.30 bits per heavy atom. The van der Waals surface area contributed by atoms with Gasteiger partial charge in [-0.1, -0.05) is 74.5 Å². The number of nitrogens with one attached hydrogen (secondary N) is 6. The Bertz CT molecular complexity index is 3350. The number of amides is 5. The summed E-state index contributed by atoms with van der Waals surface area (Å²) in [5.41, 5.74) is 6.61. The number of aromatic nitrogens is 2. The van der Waals surface area contributed by atoms with Crippen molar-refractivity contribution in [3.05, 3.63) is 144 Å². The average Bonchev–Trinajstić information content (AvgIpc) is 4.24. The van der Waals surface area contributed by atoms with Crippen molar-refractivity contribution in [2.24, 2.45) is 10.5 Å². The highest BCUT2D eigenvalue weighted by Crippen LogP contribution is 2.38. The molecule has 0 aliphatic carbocycles. The van der Waals surface area contributed by atoms with Crippen LogP contribution in [0.3, 0.4) is 0 Å². The molecule has 7 rings (SSSR count). The molecule has 0 saturated heterocycles. The van der Waals surface area contributed by atoms with E-state index in [1.54, 1.807) is 18.2 Å². The number of nitrogens with zero attached hydrogens (tertiary/aromatic N) is 3. The summed E-state index contributed by atoms with van der Waals surface area (Å²) in [5.74, 6) is 0.0564. The fraction of sp³-hybridized carbons (Fsp3) is 0.339. The lowest BCUT2D eigenvalue weighted by atomic mass is 9.87. The highest BCUT2D eigenvalue weighted by Gasteiger charge is 2.31. The number of hydrazone groups is 1. The van der Waals surface area contributed by atoms with Gasteiger partial charge in [-0.25, -0.2) is 23.2 Å². The van der Waals surface area contributed by atoms with Crippen molar-refractivity contribution in [3.8, 4) is 39.8 Å². The van der Waals surface area contributed by atoms with Crippen molar-refractivity contribution in [1.29, 1.82) is 0 Å². The lowest BCUT2D eigenvalue weighted by Crippen LogP contribution is -2.52. The fourth-order valence-corrected chi connectivity index (χ4v) is 9.31. The van der Waals surface area contributed by atoms with E-state index in [9.17, 15) is 52.6 Å². The molecular formula is C59H69N9O15S. The molecule has 11 N–H and O–H groups in total. The highest BCUT2D eigenvalue weighted by atomic mass is 32.2. The number of aliphatic hydroxyl groups excluding tert-OH is 5. The molecule has 0 radical (unpaired) electrons. The number of unbranched alkanes of at least 4 members (excludes halogenated alkanes) is 2. The molecule has 0 fully saturated rings. The van der Waals surface area contributed by atoms with Gasteiger partial charge in [-0.3, -0.25) is 19.8 Å². The molecule has 446 valence electrons. The van der Waals surface area contributed by atoms with Crippen molar-refractivity contribution >= 4 is 51.6 Å². The number of rotatable bonds is 30. The van der Waals surface area contributed by atoms with E-state index in [-0.39, 0.29) is 55.5 Å². The van der Waals surface area contributed by atoms with Crippen LogP contribution in [0.5, 0.6) is 17.4 Å². The predicted octanol–water partition coefficient (Wildman–Crippen LogP) is 4.65. The van der Waals surface area contributed by atoms with Crippen LogP contribution >= 0.6 is 0 Å². The Labute approximate surface area is 487 Å². The monoisotopic (exact) mass is 1180 g/mol. The molecule has 24 nitrogen and oxygen atoms in total. The number of hydrogen-bond acceptors (Lipinski definition) is 19. The predicted molar refractivity (Wildman–Crippen MR) is 310 cm³/mol. The van der Waals surface area contributed by atoms with Crippen molar-refractivity contribution in [3.63, 3.8) is 0 Å². The molecule has 5 atom stereocenters. The fourth-order valence-electron chi connectivity index (χ4n) is 8.66. The summed E-state index contributed by atoms with van der Waals surface area (Å²) in [4.78, 5) is 61.6. The van der Waals surface area contributed by atoms with Crippen LogP contribution in [0.2, 0.25) is 0 Å². The zero-order valence-corrected chi connectivity index (χ0v) is 47.0. The van der Waals surface area contributed by atoms with Gasteiger partial charge >= 0.3 is 7.46 Å². The largest absolute Gasteiger partial charge is 1.00 e. The molecule has 1 aliphatic rings. The minimum absolute atomic E-state index is 0. The van der Waals surface area contributed by atoms with Crippen LogP contribution < -0.4 is 46.2 Å². The number of hydrogen-bond donors (Lipinski definition) is 11. The first-order chi connectivity index (χ1) is 40.3. The maximum absolute atomic E-state index is 13.5. The Balaban J connectivity index is 0.0000116. The average molecular weight is 1180 g/mol. The van der Waals surface area contributed by atoms with E-state index in [1.807, 2.05) is 60.7 Å². The molecule has 0 saturated carbocycles. The van der Waals surface area contributed by atoms with Crippen molar-refractivity contribution in [2.45, 2.75) is 87.7 Å². The van der Waals surface area contributed by atoms with Crippen LogP contribution in [0.25, 0.3) is 22.4 Å². The van der Waals surface area contributed by atoms with Crippen LogP contribution in [-0.4, -0.2) is 149 Å². The summed E-state index contributed by atoms with van der Waals surface area (Å²) in [7, 11) is -4.77. The third-order valence-electron chi connectivity index (χ3n) is 13.4. The Hall–Kier alpha value is -8.56. The number of carbonyl (C=O) groups excluding carboxylic acids is 4. The third-order valence-corrected chi connectivity index (χ3v) is 14.3. The van der Waals surface area contributed by atoms with Gasteiger partial charge in [0.1, 0.15) is 40.3 Å². The number of pyridine rings is 2. The van der Waals surface area contributed by atoms with E-state index in [0.717, 1.165) is 53.9 Å². The topological polar surface area (TPSA) is 365 Å². The third kappa shape index (κ3) is 18.7. The van der Waals surface area contributed by atoms with E-state index >= 15 is 0 Å². The Morgan fingerprint density at radius 2 is 1.54 bits per heavy atom. The summed E-state index contributed by atoms with van der Waals surface area (Å²) in [6.45, 7) is 3.74. The molecule has 3 heterocycles. The molecule has 25 heteroatoms. The first kappa shape index (κ1) is 63.0. The molecule has 0 unspecified atom stereocenters. The van der Waals surface area contributed by atoms with Crippen LogP contribution in [0.15, 0.2) is 138 Å². The van der Waals surface area contributed by atoms with Gasteiger partial charge in [0.2, 0.25) is 18.6 Å². The van der Waals surface area contributed by atoms with E-state index in [4.69, 9.17) is 24.3 Å². The smallest absolute Gasteiger partial charge is 0.744 e. The summed E-state index contributed by atoms with van der Waals surface area (Å²) >= 11 is 0. The molecule has 5 amide bonds. The Morgan fingerprint density at radius 1 is 0.774 bits per heavy atom. The van der Waals surface area contributed by atoms with E-state index in [1.165, 1.54) is 42.6 Å². The summed E-state index contributed by atoms with van der Waals surface area (Å²) in [5, 5.41) is 67.0. The molecular weight excluding hydrogens is 1110 g/mol. The van der Waals surface area contributed by atoms with Crippen LogP contribution in [0.1, 0.15) is 80.1 Å². The second kappa shape index (κ2) is 30.1. The lowest BCUT2D eigenvalue weighted by molar-refractivity contribution is -0.127. The van der Waals surface area contributed by atoms with Crippen LogP contribution in [-0.2, 0) is 14.9 Å². The first-order valence-corrected chi connectivity index (χ1v) is 28.4. The van der Waals surface area contributed by atoms with Gasteiger partial charge in [0.05, 0.1) is 41.7 Å². The van der Waals surface area contributed by atoms with E-state index in [0.29, 0.717) is 42.6 Å². The van der Waals surface area contributed by atoms with Crippen molar-refractivity contribution in [1.82, 2.24) is 31.2 Å². The van der Waals surface area contributed by atoms with E-state index in [2.05, 4.69) is 55.9 Å². The maximum atomic E-state index is 13.5. The highest BCUT2D eigenvalue weighted by molar-refractivity contribution is 7.85. The molecule has 84 heavy (non-hydrogen) atoms. The van der Waals surface area contributed by atoms with E-state index < -0.39 is 82.4 Å². The quantitative estimate of drug-likeness (QED) is 0.0126. The van der Waals surface area contributed by atoms with Gasteiger partial charge in [-0.2, -0.15) is 5.10 Å². The molecule has 6 aromatic rings. The van der Waals surface area contributed by atoms with Gasteiger partial charge in [-0.05, 0) is 110 Å². The second-order valence-electron chi connectivity index (χ2n) is 20.5. The molecule has 1 aliphatic heterocycles. The van der Waals surface area contributed by atoms with Gasteiger partial charge in [0, 0.05) is 54.3 Å². The SMILES string of the molecule is CC(C)(CCCCOc1cc(-c2ccc3c(c2)OCO3)cc(-c2ccccc2)n1)CNC(=O)Nc1cccc(C(=O)NCCCC[C@H](NC(=O)c2ccc(N/N=C/c3ccccc3S(=O)(=O)[O-])nc2)C(=O)NC[C@H](O)[C@@H](O)[C@H](O)[C@H](O)CO)c1.[H+]. The molecule has 2 aromatic heterocycles. The van der Waals surface area contributed by atoms with Crippen molar-refractivity contribution in [2.75, 3.05) is 50.4 Å². The van der Waals surface area contributed by atoms with Gasteiger partial charge in [0.15, 0.2) is 11.5 Å². The lowest BCUT2D eigenvalue weighted by Gasteiger charge is -2.26. The summed E-state index contributed by atoms with van der Waals surface area (Å²) in [6, 6.07) is 32.5. The van der Waals surface area contributed by atoms with Gasteiger partial charge in [-0.15, -0.1) is 0 Å². The molecule has 0 spiro atoms. The number of carbonyl (C=O) groups is 4. The number of urea groups is 1. The number of anilines is 2. The maximum Gasteiger partial charge on any atom is 1.00 e. The van der Waals surface area contributed by atoms with Crippen LogP contribution in [0, 0.1) is 5.41 Å². The molecule has 0 bridgehead atoms. The Kier molecular flexibility index (Phi) is 22.6. The number of aliphatic hydroxyl groups is 5. The number of fused-ring (bicyclic) bond motifs is 1. The minimum atomic E-state index is -4.77.